The molecule has 20 heavy (non-hydrogen) atoms. The van der Waals surface area contributed by atoms with Crippen LogP contribution in [-0.2, 0) is 20.7 Å². The fourth-order valence-corrected chi connectivity index (χ4v) is 1.98. The number of aryl methyl sites for hydroxylation is 1. The first-order chi connectivity index (χ1) is 9.43. The average molecular weight is 278 g/mol. The second-order valence-corrected chi connectivity index (χ2v) is 4.94. The van der Waals surface area contributed by atoms with E-state index in [9.17, 15) is 9.59 Å². The van der Waals surface area contributed by atoms with Crippen molar-refractivity contribution in [1.29, 1.82) is 0 Å². The van der Waals surface area contributed by atoms with Crippen LogP contribution in [0.4, 0.5) is 5.69 Å². The average Bonchev–Trinajstić information content (AvgIpc) is 2.43. The van der Waals surface area contributed by atoms with Crippen molar-refractivity contribution in [2.75, 3.05) is 26.4 Å². The number of nitrogens with two attached hydrogens (primary N) is 1. The van der Waals surface area contributed by atoms with E-state index < -0.39 is 0 Å². The molecular formula is C15H22N2O3. The minimum absolute atomic E-state index is 0.00294. The summed E-state index contributed by atoms with van der Waals surface area (Å²) in [6.45, 7) is 2.11. The molecule has 0 saturated carbocycles. The Morgan fingerprint density at radius 1 is 1.40 bits per heavy atom. The van der Waals surface area contributed by atoms with Crippen LogP contribution in [0.1, 0.15) is 18.9 Å². The summed E-state index contributed by atoms with van der Waals surface area (Å²) >= 11 is 0. The Hall–Kier alpha value is -2.04. The third-order valence-corrected chi connectivity index (χ3v) is 3.16. The molecule has 0 aliphatic carbocycles. The van der Waals surface area contributed by atoms with Gasteiger partial charge < -0.3 is 15.4 Å². The number of rotatable bonds is 6. The lowest BCUT2D eigenvalue weighted by Crippen LogP contribution is -2.34. The molecule has 0 bridgehead atoms. The van der Waals surface area contributed by atoms with Crippen molar-refractivity contribution in [3.8, 4) is 0 Å². The van der Waals surface area contributed by atoms with Crippen LogP contribution in [-0.4, -0.2) is 37.5 Å². The van der Waals surface area contributed by atoms with Gasteiger partial charge in [-0.05, 0) is 24.1 Å². The number of hydrogen-bond donors (Lipinski definition) is 1. The molecule has 0 spiro atoms. The van der Waals surface area contributed by atoms with E-state index in [1.54, 1.807) is 18.9 Å². The standard InChI is InChI=1S/C15H22N2O3/c1-11(15(19)20-3)10-17(2)14(18)8-7-12-5-4-6-13(16)9-12/h4-6,9,11H,7-8,10,16H2,1-3H3. The lowest BCUT2D eigenvalue weighted by molar-refractivity contribution is -0.146. The molecule has 0 saturated heterocycles. The SMILES string of the molecule is COC(=O)C(C)CN(C)C(=O)CCc1cccc(N)c1. The van der Waals surface area contributed by atoms with E-state index in [-0.39, 0.29) is 17.8 Å². The summed E-state index contributed by atoms with van der Waals surface area (Å²) in [5.74, 6) is -0.620. The van der Waals surface area contributed by atoms with Gasteiger partial charge in [0, 0.05) is 25.7 Å². The molecule has 1 aromatic rings. The van der Waals surface area contributed by atoms with Crippen molar-refractivity contribution in [2.24, 2.45) is 5.92 Å². The molecule has 1 amide bonds. The van der Waals surface area contributed by atoms with Crippen molar-refractivity contribution in [3.05, 3.63) is 29.8 Å². The zero-order valence-corrected chi connectivity index (χ0v) is 12.3. The smallest absolute Gasteiger partial charge is 0.310 e. The highest BCUT2D eigenvalue weighted by Crippen LogP contribution is 2.10. The Labute approximate surface area is 119 Å². The van der Waals surface area contributed by atoms with Gasteiger partial charge in [0.15, 0.2) is 0 Å². The predicted octanol–water partition coefficient (Wildman–Crippen LogP) is 1.47. The maximum atomic E-state index is 12.0. The van der Waals surface area contributed by atoms with Gasteiger partial charge in [0.1, 0.15) is 0 Å². The predicted molar refractivity (Wildman–Crippen MR) is 78.0 cm³/mol. The van der Waals surface area contributed by atoms with Crippen LogP contribution in [0.5, 0.6) is 0 Å². The van der Waals surface area contributed by atoms with Gasteiger partial charge in [0.2, 0.25) is 5.91 Å². The first-order valence-electron chi connectivity index (χ1n) is 6.60. The Balaban J connectivity index is 2.44. The monoisotopic (exact) mass is 278 g/mol. The molecule has 110 valence electrons. The molecular weight excluding hydrogens is 256 g/mol. The Bertz CT molecular complexity index is 474. The minimum atomic E-state index is -0.318. The highest BCUT2D eigenvalue weighted by Gasteiger charge is 2.18. The van der Waals surface area contributed by atoms with E-state index in [1.807, 2.05) is 24.3 Å². The lowest BCUT2D eigenvalue weighted by Gasteiger charge is -2.20. The van der Waals surface area contributed by atoms with Crippen molar-refractivity contribution < 1.29 is 14.3 Å². The first kappa shape index (κ1) is 16.0. The topological polar surface area (TPSA) is 72.6 Å². The summed E-state index contributed by atoms with van der Waals surface area (Å²) in [7, 11) is 3.04. The highest BCUT2D eigenvalue weighted by molar-refractivity contribution is 5.78. The summed E-state index contributed by atoms with van der Waals surface area (Å²) < 4.78 is 4.64. The van der Waals surface area contributed by atoms with Gasteiger partial charge in [-0.1, -0.05) is 19.1 Å². The van der Waals surface area contributed by atoms with Crippen LogP contribution in [0, 0.1) is 5.92 Å². The van der Waals surface area contributed by atoms with Gasteiger partial charge in [-0.25, -0.2) is 0 Å². The van der Waals surface area contributed by atoms with Gasteiger partial charge in [0.25, 0.3) is 0 Å². The van der Waals surface area contributed by atoms with E-state index in [0.29, 0.717) is 25.1 Å². The molecule has 1 unspecified atom stereocenters. The summed E-state index contributed by atoms with van der Waals surface area (Å²) in [6.07, 6.45) is 1.04. The summed E-state index contributed by atoms with van der Waals surface area (Å²) in [5.41, 5.74) is 7.42. The van der Waals surface area contributed by atoms with E-state index >= 15 is 0 Å². The fourth-order valence-electron chi connectivity index (χ4n) is 1.98. The molecule has 1 rings (SSSR count). The van der Waals surface area contributed by atoms with Crippen molar-refractivity contribution in [3.63, 3.8) is 0 Å². The Kier molecular flexibility index (Phi) is 6.03. The van der Waals surface area contributed by atoms with Gasteiger partial charge in [0.05, 0.1) is 13.0 Å². The van der Waals surface area contributed by atoms with E-state index in [1.165, 1.54) is 7.11 Å². The number of nitrogen functional groups attached to an aromatic ring is 1. The van der Waals surface area contributed by atoms with Gasteiger partial charge >= 0.3 is 5.97 Å². The third kappa shape index (κ3) is 4.91. The fraction of sp³-hybridized carbons (Fsp3) is 0.467. The van der Waals surface area contributed by atoms with Crippen LogP contribution in [0.2, 0.25) is 0 Å². The molecule has 5 nitrogen and oxygen atoms in total. The number of esters is 1. The van der Waals surface area contributed by atoms with Crippen molar-refractivity contribution >= 4 is 17.6 Å². The zero-order valence-electron chi connectivity index (χ0n) is 12.3. The number of hydrogen-bond acceptors (Lipinski definition) is 4. The molecule has 0 aliphatic rings. The Morgan fingerprint density at radius 2 is 2.10 bits per heavy atom. The highest BCUT2D eigenvalue weighted by atomic mass is 16.5. The molecule has 0 aromatic heterocycles. The third-order valence-electron chi connectivity index (χ3n) is 3.16. The van der Waals surface area contributed by atoms with E-state index in [4.69, 9.17) is 5.73 Å². The number of anilines is 1. The molecule has 1 aromatic carbocycles. The van der Waals surface area contributed by atoms with E-state index in [0.717, 1.165) is 5.56 Å². The van der Waals surface area contributed by atoms with Gasteiger partial charge in [-0.15, -0.1) is 0 Å². The second kappa shape index (κ2) is 7.53. The maximum Gasteiger partial charge on any atom is 0.310 e. The van der Waals surface area contributed by atoms with Crippen LogP contribution in [0.25, 0.3) is 0 Å². The number of carbonyl (C=O) groups excluding carboxylic acids is 2. The molecule has 5 heteroatoms. The van der Waals surface area contributed by atoms with Crippen molar-refractivity contribution in [2.45, 2.75) is 19.8 Å². The van der Waals surface area contributed by atoms with Crippen molar-refractivity contribution in [1.82, 2.24) is 4.90 Å². The molecule has 0 heterocycles. The van der Waals surface area contributed by atoms with Gasteiger partial charge in [-0.3, -0.25) is 9.59 Å². The van der Waals surface area contributed by atoms with Crippen LogP contribution in [0.3, 0.4) is 0 Å². The molecule has 1 atom stereocenters. The normalized spacial score (nSPS) is 11.8. The van der Waals surface area contributed by atoms with Gasteiger partial charge in [-0.2, -0.15) is 0 Å². The quantitative estimate of drug-likeness (QED) is 0.631. The zero-order chi connectivity index (χ0) is 15.1. The maximum absolute atomic E-state index is 12.0. The van der Waals surface area contributed by atoms with Crippen LogP contribution in [0.15, 0.2) is 24.3 Å². The molecule has 2 N–H and O–H groups in total. The van der Waals surface area contributed by atoms with Crippen LogP contribution < -0.4 is 5.73 Å². The number of benzene rings is 1. The summed E-state index contributed by atoms with van der Waals surface area (Å²) in [4.78, 5) is 24.9. The molecule has 0 aliphatic heterocycles. The minimum Gasteiger partial charge on any atom is -0.469 e. The van der Waals surface area contributed by atoms with Crippen LogP contribution >= 0.6 is 0 Å². The summed E-state index contributed by atoms with van der Waals surface area (Å²) in [5, 5.41) is 0. The largest absolute Gasteiger partial charge is 0.469 e. The summed E-state index contributed by atoms with van der Waals surface area (Å²) in [6, 6.07) is 7.50. The number of amides is 1. The second-order valence-electron chi connectivity index (χ2n) is 4.94. The molecule has 0 radical (unpaired) electrons. The Morgan fingerprint density at radius 3 is 2.70 bits per heavy atom. The first-order valence-corrected chi connectivity index (χ1v) is 6.60. The lowest BCUT2D eigenvalue weighted by atomic mass is 10.1. The number of carbonyl (C=O) groups is 2. The number of ether oxygens (including phenoxy) is 1. The molecule has 0 fully saturated rings. The van der Waals surface area contributed by atoms with E-state index in [2.05, 4.69) is 4.74 Å². The number of nitrogens with zero attached hydrogens (tertiary/aromatic N) is 1. The number of methoxy groups -OCH3 is 1.